The normalized spacial score (nSPS) is 18.0. The molecule has 3 rings (SSSR count). The molecule has 0 spiro atoms. The summed E-state index contributed by atoms with van der Waals surface area (Å²) in [4.78, 5) is 17.2. The fourth-order valence-electron chi connectivity index (χ4n) is 2.93. The second kappa shape index (κ2) is 4.82. The Kier molecular flexibility index (Phi) is 3.15. The summed E-state index contributed by atoms with van der Waals surface area (Å²) in [7, 11) is 0. The quantitative estimate of drug-likeness (QED) is 0.896. The maximum Gasteiger partial charge on any atom is 0.251 e. The van der Waals surface area contributed by atoms with Gasteiger partial charge in [-0.2, -0.15) is 0 Å². The second-order valence-corrected chi connectivity index (χ2v) is 5.55. The van der Waals surface area contributed by atoms with E-state index in [1.165, 1.54) is 31.5 Å². The van der Waals surface area contributed by atoms with Gasteiger partial charge in [-0.05, 0) is 62.9 Å². The SMILES string of the molecule is Cc1cc2ccc(C(C)N3CCCC3)cc2[nH]c1=O. The Morgan fingerprint density at radius 3 is 2.68 bits per heavy atom. The van der Waals surface area contributed by atoms with Crippen molar-refractivity contribution in [3.63, 3.8) is 0 Å². The number of hydrogen-bond donors (Lipinski definition) is 1. The van der Waals surface area contributed by atoms with Crippen molar-refractivity contribution in [3.8, 4) is 0 Å². The van der Waals surface area contributed by atoms with Crippen molar-refractivity contribution in [1.82, 2.24) is 9.88 Å². The van der Waals surface area contributed by atoms with Gasteiger partial charge in [-0.1, -0.05) is 12.1 Å². The average Bonchev–Trinajstić information content (AvgIpc) is 2.93. The number of hydrogen-bond acceptors (Lipinski definition) is 2. The summed E-state index contributed by atoms with van der Waals surface area (Å²) in [6.45, 7) is 6.46. The van der Waals surface area contributed by atoms with Crippen molar-refractivity contribution < 1.29 is 0 Å². The van der Waals surface area contributed by atoms with E-state index in [1.54, 1.807) is 0 Å². The van der Waals surface area contributed by atoms with E-state index in [0.717, 1.165) is 16.5 Å². The van der Waals surface area contributed by atoms with Crippen LogP contribution in [0.3, 0.4) is 0 Å². The standard InChI is InChI=1S/C16H20N2O/c1-11-9-14-6-5-13(10-15(14)17-16(11)19)12(2)18-7-3-4-8-18/h5-6,9-10,12H,3-4,7-8H2,1-2H3,(H,17,19). The molecule has 1 N–H and O–H groups in total. The molecule has 1 aromatic heterocycles. The molecule has 19 heavy (non-hydrogen) atoms. The average molecular weight is 256 g/mol. The summed E-state index contributed by atoms with van der Waals surface area (Å²) in [5.41, 5.74) is 3.01. The van der Waals surface area contributed by atoms with E-state index in [-0.39, 0.29) is 5.56 Å². The number of aryl methyl sites for hydroxylation is 1. The molecule has 1 saturated heterocycles. The van der Waals surface area contributed by atoms with Crippen LogP contribution in [0.2, 0.25) is 0 Å². The van der Waals surface area contributed by atoms with Crippen molar-refractivity contribution in [3.05, 3.63) is 45.7 Å². The summed E-state index contributed by atoms with van der Waals surface area (Å²) in [6, 6.07) is 8.80. The van der Waals surface area contributed by atoms with E-state index in [0.29, 0.717) is 6.04 Å². The van der Waals surface area contributed by atoms with Crippen molar-refractivity contribution in [2.24, 2.45) is 0 Å². The zero-order valence-electron chi connectivity index (χ0n) is 11.6. The van der Waals surface area contributed by atoms with Gasteiger partial charge in [-0.3, -0.25) is 9.69 Å². The van der Waals surface area contributed by atoms with E-state index < -0.39 is 0 Å². The van der Waals surface area contributed by atoms with Crippen LogP contribution in [-0.4, -0.2) is 23.0 Å². The first-order valence-electron chi connectivity index (χ1n) is 7.03. The number of aromatic amines is 1. The minimum Gasteiger partial charge on any atom is -0.322 e. The molecule has 3 heteroatoms. The molecular weight excluding hydrogens is 236 g/mol. The smallest absolute Gasteiger partial charge is 0.251 e. The number of likely N-dealkylation sites (tertiary alicyclic amines) is 1. The van der Waals surface area contributed by atoms with Gasteiger partial charge in [0.1, 0.15) is 0 Å². The maximum absolute atomic E-state index is 11.7. The van der Waals surface area contributed by atoms with Crippen LogP contribution < -0.4 is 5.56 Å². The first-order valence-corrected chi connectivity index (χ1v) is 7.03. The third-order valence-corrected chi connectivity index (χ3v) is 4.23. The van der Waals surface area contributed by atoms with Gasteiger partial charge in [0.05, 0.1) is 0 Å². The van der Waals surface area contributed by atoms with Gasteiger partial charge in [-0.25, -0.2) is 0 Å². The van der Waals surface area contributed by atoms with Crippen LogP contribution in [0.5, 0.6) is 0 Å². The highest BCUT2D eigenvalue weighted by Crippen LogP contribution is 2.26. The van der Waals surface area contributed by atoms with E-state index >= 15 is 0 Å². The Morgan fingerprint density at radius 1 is 1.21 bits per heavy atom. The molecule has 0 saturated carbocycles. The first kappa shape index (κ1) is 12.4. The number of nitrogens with one attached hydrogen (secondary N) is 1. The molecule has 1 aromatic carbocycles. The summed E-state index contributed by atoms with van der Waals surface area (Å²) < 4.78 is 0. The highest BCUT2D eigenvalue weighted by atomic mass is 16.1. The topological polar surface area (TPSA) is 36.1 Å². The van der Waals surface area contributed by atoms with Crippen LogP contribution in [0.1, 0.15) is 36.9 Å². The van der Waals surface area contributed by atoms with Crippen LogP contribution in [0.15, 0.2) is 29.1 Å². The van der Waals surface area contributed by atoms with Crippen LogP contribution >= 0.6 is 0 Å². The molecule has 2 aromatic rings. The number of benzene rings is 1. The molecule has 2 heterocycles. The molecule has 0 aliphatic carbocycles. The van der Waals surface area contributed by atoms with E-state index in [1.807, 2.05) is 13.0 Å². The van der Waals surface area contributed by atoms with Gasteiger partial charge in [0, 0.05) is 17.1 Å². The number of nitrogens with zero attached hydrogens (tertiary/aromatic N) is 1. The van der Waals surface area contributed by atoms with Gasteiger partial charge in [0.15, 0.2) is 0 Å². The molecule has 0 radical (unpaired) electrons. The molecular formula is C16H20N2O. The summed E-state index contributed by atoms with van der Waals surface area (Å²) in [6.07, 6.45) is 2.60. The van der Waals surface area contributed by atoms with Crippen molar-refractivity contribution in [2.45, 2.75) is 32.7 Å². The zero-order chi connectivity index (χ0) is 13.4. The van der Waals surface area contributed by atoms with Crippen LogP contribution in [0.4, 0.5) is 0 Å². The third kappa shape index (κ3) is 2.30. The Bertz CT molecular complexity index is 653. The van der Waals surface area contributed by atoms with Gasteiger partial charge in [0.2, 0.25) is 0 Å². The Balaban J connectivity index is 2.01. The first-order chi connectivity index (χ1) is 9.15. The molecule has 1 aliphatic heterocycles. The molecule has 1 unspecified atom stereocenters. The number of fused-ring (bicyclic) bond motifs is 1. The van der Waals surface area contributed by atoms with Crippen LogP contribution in [-0.2, 0) is 0 Å². The molecule has 0 amide bonds. The van der Waals surface area contributed by atoms with Crippen molar-refractivity contribution in [1.29, 1.82) is 0 Å². The third-order valence-electron chi connectivity index (χ3n) is 4.23. The lowest BCUT2D eigenvalue weighted by molar-refractivity contribution is 0.263. The Labute approximate surface area is 113 Å². The molecule has 1 aliphatic rings. The minimum absolute atomic E-state index is 0.0125. The molecule has 100 valence electrons. The van der Waals surface area contributed by atoms with Gasteiger partial charge in [0.25, 0.3) is 5.56 Å². The second-order valence-electron chi connectivity index (χ2n) is 5.55. The van der Waals surface area contributed by atoms with Crippen molar-refractivity contribution >= 4 is 10.9 Å². The summed E-state index contributed by atoms with van der Waals surface area (Å²) in [5.74, 6) is 0. The maximum atomic E-state index is 11.7. The Morgan fingerprint density at radius 2 is 1.95 bits per heavy atom. The van der Waals surface area contributed by atoms with Crippen molar-refractivity contribution in [2.75, 3.05) is 13.1 Å². The lowest BCUT2D eigenvalue weighted by Crippen LogP contribution is -2.23. The summed E-state index contributed by atoms with van der Waals surface area (Å²) in [5, 5.41) is 1.11. The molecule has 0 bridgehead atoms. The fourth-order valence-corrected chi connectivity index (χ4v) is 2.93. The van der Waals surface area contributed by atoms with Crippen LogP contribution in [0.25, 0.3) is 10.9 Å². The largest absolute Gasteiger partial charge is 0.322 e. The number of H-pyrrole nitrogens is 1. The number of pyridine rings is 1. The van der Waals surface area contributed by atoms with E-state index in [4.69, 9.17) is 0 Å². The Hall–Kier alpha value is -1.61. The molecule has 1 atom stereocenters. The molecule has 1 fully saturated rings. The zero-order valence-corrected chi connectivity index (χ0v) is 11.6. The van der Waals surface area contributed by atoms with E-state index in [9.17, 15) is 4.79 Å². The fraction of sp³-hybridized carbons (Fsp3) is 0.438. The monoisotopic (exact) mass is 256 g/mol. The number of rotatable bonds is 2. The minimum atomic E-state index is 0.0125. The van der Waals surface area contributed by atoms with Gasteiger partial charge in [-0.15, -0.1) is 0 Å². The number of aromatic nitrogens is 1. The van der Waals surface area contributed by atoms with Crippen LogP contribution in [0, 0.1) is 6.92 Å². The lowest BCUT2D eigenvalue weighted by atomic mass is 10.0. The highest BCUT2D eigenvalue weighted by molar-refractivity contribution is 5.79. The predicted octanol–water partition coefficient (Wildman–Crippen LogP) is 2.99. The molecule has 3 nitrogen and oxygen atoms in total. The highest BCUT2D eigenvalue weighted by Gasteiger charge is 2.19. The predicted molar refractivity (Wildman–Crippen MR) is 78.5 cm³/mol. The van der Waals surface area contributed by atoms with Gasteiger partial charge >= 0.3 is 0 Å². The van der Waals surface area contributed by atoms with E-state index in [2.05, 4.69) is 35.0 Å². The van der Waals surface area contributed by atoms with Gasteiger partial charge < -0.3 is 4.98 Å². The summed E-state index contributed by atoms with van der Waals surface area (Å²) >= 11 is 0. The lowest BCUT2D eigenvalue weighted by Gasteiger charge is -2.24.